The largest absolute Gasteiger partial charge is 0.377 e. The number of amides is 1. The van der Waals surface area contributed by atoms with Crippen LogP contribution in [0, 0.1) is 0 Å². The number of carbonyl (C=O) groups excluding carboxylic acids is 1. The Morgan fingerprint density at radius 1 is 1.52 bits per heavy atom. The first-order chi connectivity index (χ1) is 10.1. The van der Waals surface area contributed by atoms with Crippen LogP contribution in [0.2, 0.25) is 5.02 Å². The molecule has 2 aromatic rings. The number of benzene rings is 1. The summed E-state index contributed by atoms with van der Waals surface area (Å²) >= 11 is 6.29. The standard InChI is InChI=1S/C15H17ClN4O/c1-3-20-8-11(7-17-20)9(2)18-14-4-10-5-15(21)19-13(10)6-12(14)16/h4,6-9,18H,3,5H2,1-2H3,(H,19,21). The summed E-state index contributed by atoms with van der Waals surface area (Å²) in [6.45, 7) is 4.96. The molecular formula is C15H17ClN4O. The molecule has 1 aromatic carbocycles. The summed E-state index contributed by atoms with van der Waals surface area (Å²) in [7, 11) is 0. The molecule has 3 rings (SSSR count). The first kappa shape index (κ1) is 13.9. The number of nitrogens with one attached hydrogen (secondary N) is 2. The van der Waals surface area contributed by atoms with Crippen molar-refractivity contribution in [3.8, 4) is 0 Å². The van der Waals surface area contributed by atoms with Gasteiger partial charge in [0.25, 0.3) is 0 Å². The van der Waals surface area contributed by atoms with Crippen LogP contribution >= 0.6 is 11.6 Å². The number of carbonyl (C=O) groups is 1. The highest BCUT2D eigenvalue weighted by molar-refractivity contribution is 6.33. The fraction of sp³-hybridized carbons (Fsp3) is 0.333. The molecule has 1 unspecified atom stereocenters. The van der Waals surface area contributed by atoms with Crippen LogP contribution in [0.15, 0.2) is 24.5 Å². The van der Waals surface area contributed by atoms with E-state index in [4.69, 9.17) is 11.6 Å². The first-order valence-electron chi connectivity index (χ1n) is 6.98. The lowest BCUT2D eigenvalue weighted by Gasteiger charge is -2.16. The van der Waals surface area contributed by atoms with E-state index in [1.54, 1.807) is 6.07 Å². The number of aromatic nitrogens is 2. The van der Waals surface area contributed by atoms with Gasteiger partial charge in [0.05, 0.1) is 29.4 Å². The Hall–Kier alpha value is -2.01. The summed E-state index contributed by atoms with van der Waals surface area (Å²) in [5, 5.41) is 11.1. The predicted octanol–water partition coefficient (Wildman–Crippen LogP) is 3.22. The number of nitrogens with zero attached hydrogens (tertiary/aromatic N) is 2. The highest BCUT2D eigenvalue weighted by Crippen LogP contribution is 2.34. The summed E-state index contributed by atoms with van der Waals surface area (Å²) in [4.78, 5) is 11.4. The SMILES string of the molecule is CCn1cc(C(C)Nc2cc3c(cc2Cl)NC(=O)C3)cn1. The molecule has 0 aliphatic carbocycles. The molecule has 0 saturated heterocycles. The van der Waals surface area contributed by atoms with Gasteiger partial charge in [0.1, 0.15) is 0 Å². The van der Waals surface area contributed by atoms with Gasteiger partial charge in [-0.25, -0.2) is 0 Å². The van der Waals surface area contributed by atoms with E-state index >= 15 is 0 Å². The van der Waals surface area contributed by atoms with Crippen LogP contribution in [-0.2, 0) is 17.8 Å². The predicted molar refractivity (Wildman–Crippen MR) is 83.7 cm³/mol. The number of hydrogen-bond donors (Lipinski definition) is 2. The van der Waals surface area contributed by atoms with Crippen LogP contribution in [0.3, 0.4) is 0 Å². The van der Waals surface area contributed by atoms with Gasteiger partial charge >= 0.3 is 0 Å². The Kier molecular flexibility index (Phi) is 3.59. The van der Waals surface area contributed by atoms with Crippen molar-refractivity contribution in [3.63, 3.8) is 0 Å². The molecule has 1 atom stereocenters. The van der Waals surface area contributed by atoms with Gasteiger partial charge in [0.2, 0.25) is 5.91 Å². The molecular weight excluding hydrogens is 288 g/mol. The Bertz CT molecular complexity index is 695. The lowest BCUT2D eigenvalue weighted by molar-refractivity contribution is -0.115. The number of fused-ring (bicyclic) bond motifs is 1. The average molecular weight is 305 g/mol. The third-order valence-electron chi connectivity index (χ3n) is 3.67. The van der Waals surface area contributed by atoms with Gasteiger partial charge in [-0.3, -0.25) is 9.48 Å². The van der Waals surface area contributed by atoms with Crippen LogP contribution in [-0.4, -0.2) is 15.7 Å². The zero-order chi connectivity index (χ0) is 15.0. The van der Waals surface area contributed by atoms with Crippen LogP contribution in [0.4, 0.5) is 11.4 Å². The molecule has 0 bridgehead atoms. The Morgan fingerprint density at radius 3 is 3.05 bits per heavy atom. The molecule has 1 aromatic heterocycles. The highest BCUT2D eigenvalue weighted by Gasteiger charge is 2.20. The Balaban J connectivity index is 1.81. The van der Waals surface area contributed by atoms with Crippen molar-refractivity contribution in [2.24, 2.45) is 0 Å². The number of halogens is 1. The molecule has 1 aliphatic heterocycles. The van der Waals surface area contributed by atoms with Crippen LogP contribution in [0.5, 0.6) is 0 Å². The maximum Gasteiger partial charge on any atom is 0.228 e. The number of hydrogen-bond acceptors (Lipinski definition) is 3. The minimum Gasteiger partial charge on any atom is -0.377 e. The highest BCUT2D eigenvalue weighted by atomic mass is 35.5. The molecule has 6 heteroatoms. The van der Waals surface area contributed by atoms with Crippen molar-refractivity contribution in [1.82, 2.24) is 9.78 Å². The fourth-order valence-electron chi connectivity index (χ4n) is 2.45. The molecule has 0 radical (unpaired) electrons. The van der Waals surface area contributed by atoms with E-state index in [1.807, 2.05) is 23.1 Å². The maximum absolute atomic E-state index is 11.4. The summed E-state index contributed by atoms with van der Waals surface area (Å²) in [5.74, 6) is 0.00971. The van der Waals surface area contributed by atoms with E-state index in [9.17, 15) is 4.79 Å². The Morgan fingerprint density at radius 2 is 2.33 bits per heavy atom. The number of anilines is 2. The second kappa shape index (κ2) is 5.41. The lowest BCUT2D eigenvalue weighted by Crippen LogP contribution is -2.06. The topological polar surface area (TPSA) is 59.0 Å². The Labute approximate surface area is 128 Å². The van der Waals surface area contributed by atoms with Gasteiger partial charge in [-0.2, -0.15) is 5.10 Å². The normalized spacial score (nSPS) is 14.7. The van der Waals surface area contributed by atoms with Crippen molar-refractivity contribution in [3.05, 3.63) is 40.7 Å². The van der Waals surface area contributed by atoms with Crippen molar-refractivity contribution >= 4 is 28.9 Å². The smallest absolute Gasteiger partial charge is 0.228 e. The van der Waals surface area contributed by atoms with Crippen molar-refractivity contribution in [2.45, 2.75) is 32.9 Å². The molecule has 2 N–H and O–H groups in total. The van der Waals surface area contributed by atoms with Gasteiger partial charge in [0, 0.05) is 24.0 Å². The van der Waals surface area contributed by atoms with E-state index < -0.39 is 0 Å². The van der Waals surface area contributed by atoms with Crippen LogP contribution < -0.4 is 10.6 Å². The molecule has 0 fully saturated rings. The molecule has 0 saturated carbocycles. The second-order valence-electron chi connectivity index (χ2n) is 5.21. The van der Waals surface area contributed by atoms with Gasteiger partial charge in [-0.1, -0.05) is 11.6 Å². The molecule has 1 amide bonds. The minimum absolute atomic E-state index is 0.00971. The quantitative estimate of drug-likeness (QED) is 0.912. The third-order valence-corrected chi connectivity index (χ3v) is 3.98. The zero-order valence-electron chi connectivity index (χ0n) is 12.0. The fourth-order valence-corrected chi connectivity index (χ4v) is 2.67. The molecule has 110 valence electrons. The maximum atomic E-state index is 11.4. The van der Waals surface area contributed by atoms with E-state index in [-0.39, 0.29) is 11.9 Å². The summed E-state index contributed by atoms with van der Waals surface area (Å²) in [5.41, 5.74) is 3.72. The summed E-state index contributed by atoms with van der Waals surface area (Å²) in [6, 6.07) is 3.83. The first-order valence-corrected chi connectivity index (χ1v) is 7.35. The van der Waals surface area contributed by atoms with Gasteiger partial charge in [-0.15, -0.1) is 0 Å². The summed E-state index contributed by atoms with van der Waals surface area (Å²) in [6.07, 6.45) is 4.28. The second-order valence-corrected chi connectivity index (χ2v) is 5.62. The third kappa shape index (κ3) is 2.74. The average Bonchev–Trinajstić information content (AvgIpc) is 3.04. The van der Waals surface area contributed by atoms with Crippen molar-refractivity contribution in [1.29, 1.82) is 0 Å². The van der Waals surface area contributed by atoms with E-state index in [0.717, 1.165) is 29.0 Å². The molecule has 1 aliphatic rings. The number of aryl methyl sites for hydroxylation is 1. The summed E-state index contributed by atoms with van der Waals surface area (Å²) < 4.78 is 1.89. The van der Waals surface area contributed by atoms with Crippen molar-refractivity contribution in [2.75, 3.05) is 10.6 Å². The van der Waals surface area contributed by atoms with E-state index in [2.05, 4.69) is 29.6 Å². The molecule has 21 heavy (non-hydrogen) atoms. The minimum atomic E-state index is 0.00971. The lowest BCUT2D eigenvalue weighted by atomic mass is 10.1. The van der Waals surface area contributed by atoms with Crippen LogP contribution in [0.1, 0.15) is 31.0 Å². The van der Waals surface area contributed by atoms with E-state index in [0.29, 0.717) is 11.4 Å². The van der Waals surface area contributed by atoms with Crippen molar-refractivity contribution < 1.29 is 4.79 Å². The van der Waals surface area contributed by atoms with Crippen LogP contribution in [0.25, 0.3) is 0 Å². The monoisotopic (exact) mass is 304 g/mol. The van der Waals surface area contributed by atoms with Gasteiger partial charge < -0.3 is 10.6 Å². The zero-order valence-corrected chi connectivity index (χ0v) is 12.7. The molecule has 2 heterocycles. The van der Waals surface area contributed by atoms with Gasteiger partial charge in [-0.05, 0) is 31.5 Å². The van der Waals surface area contributed by atoms with E-state index in [1.165, 1.54) is 0 Å². The number of rotatable bonds is 4. The van der Waals surface area contributed by atoms with Gasteiger partial charge in [0.15, 0.2) is 0 Å². The molecule has 0 spiro atoms. The molecule has 5 nitrogen and oxygen atoms in total.